The Morgan fingerprint density at radius 1 is 1.57 bits per heavy atom. The molecule has 0 amide bonds. The Balaban J connectivity index is 3.21. The zero-order valence-corrected chi connectivity index (χ0v) is 7.77. The molecule has 0 aromatic heterocycles. The number of carboxylic acid groups (broad SMARTS) is 1. The van der Waals surface area contributed by atoms with Crippen molar-refractivity contribution in [1.29, 1.82) is 0 Å². The third kappa shape index (κ3) is 2.17. The minimum absolute atomic E-state index is 0.0463. The van der Waals surface area contributed by atoms with E-state index in [0.29, 0.717) is 0 Å². The highest BCUT2D eigenvalue weighted by Gasteiger charge is 2.15. The van der Waals surface area contributed by atoms with Gasteiger partial charge in [0.25, 0.3) is 0 Å². The van der Waals surface area contributed by atoms with E-state index in [1.165, 1.54) is 12.1 Å². The summed E-state index contributed by atoms with van der Waals surface area (Å²) in [5.74, 6) is -2.21. The third-order valence-corrected chi connectivity index (χ3v) is 1.59. The highest BCUT2D eigenvalue weighted by atomic mass is 32.1. The van der Waals surface area contributed by atoms with Gasteiger partial charge in [0.05, 0.1) is 5.69 Å². The molecule has 0 bridgehead atoms. The first-order valence-electron chi connectivity index (χ1n) is 3.60. The van der Waals surface area contributed by atoms with Crippen LogP contribution >= 0.6 is 12.2 Å². The molecule has 4 nitrogen and oxygen atoms in total. The van der Waals surface area contributed by atoms with Crippen LogP contribution in [0.4, 0.5) is 10.1 Å². The van der Waals surface area contributed by atoms with E-state index in [1.807, 2.05) is 0 Å². The van der Waals surface area contributed by atoms with E-state index < -0.39 is 17.3 Å². The molecule has 0 spiro atoms. The Morgan fingerprint density at radius 3 is 2.71 bits per heavy atom. The van der Waals surface area contributed by atoms with E-state index >= 15 is 0 Å². The predicted octanol–water partition coefficient (Wildman–Crippen LogP) is 1.18. The van der Waals surface area contributed by atoms with Crippen LogP contribution in [0.1, 0.15) is 10.4 Å². The number of hydrogen-bond donors (Lipinski definition) is 3. The first-order valence-corrected chi connectivity index (χ1v) is 4.01. The quantitative estimate of drug-likeness (QED) is 0.644. The van der Waals surface area contributed by atoms with Crippen molar-refractivity contribution in [2.24, 2.45) is 5.73 Å². The molecule has 1 rings (SSSR count). The van der Waals surface area contributed by atoms with Gasteiger partial charge in [-0.2, -0.15) is 0 Å². The Hall–Kier alpha value is -1.69. The Labute approximate surface area is 84.5 Å². The van der Waals surface area contributed by atoms with Crippen molar-refractivity contribution in [3.8, 4) is 0 Å². The minimum atomic E-state index is -1.37. The number of nitrogens with one attached hydrogen (secondary N) is 1. The highest BCUT2D eigenvalue weighted by molar-refractivity contribution is 7.80. The van der Waals surface area contributed by atoms with Crippen molar-refractivity contribution >= 4 is 29.0 Å². The van der Waals surface area contributed by atoms with Crippen LogP contribution < -0.4 is 11.1 Å². The molecule has 0 heterocycles. The molecule has 74 valence electrons. The van der Waals surface area contributed by atoms with Crippen molar-refractivity contribution in [3.05, 3.63) is 29.6 Å². The van der Waals surface area contributed by atoms with Crippen molar-refractivity contribution in [2.75, 3.05) is 5.32 Å². The molecule has 1 aromatic rings. The summed E-state index contributed by atoms with van der Waals surface area (Å²) in [6.45, 7) is 0. The average Bonchev–Trinajstić information content (AvgIpc) is 2.01. The molecule has 0 aliphatic carbocycles. The standard InChI is InChI=1S/C8H7FN2O2S/c9-4-2-1-3-5(11-8(10)14)6(4)7(12)13/h1-3H,(H,12,13)(H3,10,11,14). The largest absolute Gasteiger partial charge is 0.478 e. The summed E-state index contributed by atoms with van der Waals surface area (Å²) in [5.41, 5.74) is 4.72. The lowest BCUT2D eigenvalue weighted by Gasteiger charge is -2.07. The zero-order valence-electron chi connectivity index (χ0n) is 6.95. The summed E-state index contributed by atoms with van der Waals surface area (Å²) in [5, 5.41) is 11.0. The molecular weight excluding hydrogens is 207 g/mol. The van der Waals surface area contributed by atoms with E-state index in [0.717, 1.165) is 6.07 Å². The van der Waals surface area contributed by atoms with E-state index in [-0.39, 0.29) is 10.8 Å². The lowest BCUT2D eigenvalue weighted by atomic mass is 10.1. The molecule has 14 heavy (non-hydrogen) atoms. The smallest absolute Gasteiger partial charge is 0.340 e. The fourth-order valence-corrected chi connectivity index (χ4v) is 1.09. The average molecular weight is 214 g/mol. The van der Waals surface area contributed by atoms with Gasteiger partial charge in [-0.05, 0) is 24.4 Å². The number of anilines is 1. The molecule has 0 radical (unpaired) electrons. The first kappa shape index (κ1) is 10.4. The second-order valence-electron chi connectivity index (χ2n) is 2.46. The van der Waals surface area contributed by atoms with Crippen LogP contribution in [-0.2, 0) is 0 Å². The van der Waals surface area contributed by atoms with Gasteiger partial charge in [-0.3, -0.25) is 0 Å². The summed E-state index contributed by atoms with van der Waals surface area (Å²) in [4.78, 5) is 10.7. The molecule has 0 aliphatic rings. The lowest BCUT2D eigenvalue weighted by Crippen LogP contribution is -2.21. The summed E-state index contributed by atoms with van der Waals surface area (Å²) in [6, 6.07) is 3.79. The van der Waals surface area contributed by atoms with Crippen molar-refractivity contribution < 1.29 is 14.3 Å². The number of carboxylic acids is 1. The minimum Gasteiger partial charge on any atom is -0.478 e. The van der Waals surface area contributed by atoms with Gasteiger partial charge in [0.15, 0.2) is 5.11 Å². The lowest BCUT2D eigenvalue weighted by molar-refractivity contribution is 0.0693. The van der Waals surface area contributed by atoms with Crippen LogP contribution in [0.5, 0.6) is 0 Å². The Morgan fingerprint density at radius 2 is 2.21 bits per heavy atom. The summed E-state index contributed by atoms with van der Waals surface area (Å²) < 4.78 is 13.0. The number of thiocarbonyl (C=S) groups is 1. The molecule has 0 aliphatic heterocycles. The summed E-state index contributed by atoms with van der Waals surface area (Å²) in [6.07, 6.45) is 0. The predicted molar refractivity (Wildman–Crippen MR) is 53.8 cm³/mol. The normalized spacial score (nSPS) is 9.50. The molecule has 0 saturated carbocycles. The van der Waals surface area contributed by atoms with Crippen LogP contribution in [0.25, 0.3) is 0 Å². The maximum atomic E-state index is 13.0. The number of rotatable bonds is 2. The van der Waals surface area contributed by atoms with Crippen LogP contribution in [0, 0.1) is 5.82 Å². The van der Waals surface area contributed by atoms with Gasteiger partial charge < -0.3 is 16.2 Å². The van der Waals surface area contributed by atoms with Gasteiger partial charge in [-0.25, -0.2) is 9.18 Å². The number of aromatic carboxylic acids is 1. The Bertz CT molecular complexity index is 395. The summed E-state index contributed by atoms with van der Waals surface area (Å²) in [7, 11) is 0. The van der Waals surface area contributed by atoms with Gasteiger partial charge in [-0.15, -0.1) is 0 Å². The fourth-order valence-electron chi connectivity index (χ4n) is 0.978. The molecule has 0 atom stereocenters. The number of halogens is 1. The van der Waals surface area contributed by atoms with Crippen molar-refractivity contribution in [1.82, 2.24) is 0 Å². The molecular formula is C8H7FN2O2S. The van der Waals surface area contributed by atoms with E-state index in [2.05, 4.69) is 17.5 Å². The zero-order chi connectivity index (χ0) is 10.7. The molecule has 0 unspecified atom stereocenters. The number of hydrogen-bond acceptors (Lipinski definition) is 2. The summed E-state index contributed by atoms with van der Waals surface area (Å²) >= 11 is 4.52. The van der Waals surface area contributed by atoms with Crippen molar-refractivity contribution in [2.45, 2.75) is 0 Å². The molecule has 0 saturated heterocycles. The molecule has 4 N–H and O–H groups in total. The van der Waals surface area contributed by atoms with Gasteiger partial charge in [0, 0.05) is 0 Å². The SMILES string of the molecule is NC(=S)Nc1cccc(F)c1C(=O)O. The maximum absolute atomic E-state index is 13.0. The highest BCUT2D eigenvalue weighted by Crippen LogP contribution is 2.18. The second kappa shape index (κ2) is 4.01. The molecule has 6 heteroatoms. The van der Waals surface area contributed by atoms with Gasteiger partial charge in [0.2, 0.25) is 0 Å². The third-order valence-electron chi connectivity index (χ3n) is 1.49. The maximum Gasteiger partial charge on any atom is 0.340 e. The van der Waals surface area contributed by atoms with Crippen LogP contribution in [0.2, 0.25) is 0 Å². The van der Waals surface area contributed by atoms with Gasteiger partial charge in [-0.1, -0.05) is 6.07 Å². The monoisotopic (exact) mass is 214 g/mol. The van der Waals surface area contributed by atoms with Gasteiger partial charge >= 0.3 is 5.97 Å². The Kier molecular flexibility index (Phi) is 2.98. The number of benzene rings is 1. The van der Waals surface area contributed by atoms with E-state index in [9.17, 15) is 9.18 Å². The number of nitrogens with two attached hydrogens (primary N) is 1. The van der Waals surface area contributed by atoms with E-state index in [1.54, 1.807) is 0 Å². The van der Waals surface area contributed by atoms with Crippen molar-refractivity contribution in [3.63, 3.8) is 0 Å². The van der Waals surface area contributed by atoms with Crippen LogP contribution in [-0.4, -0.2) is 16.2 Å². The van der Waals surface area contributed by atoms with E-state index in [4.69, 9.17) is 10.8 Å². The second-order valence-corrected chi connectivity index (χ2v) is 2.90. The first-order chi connectivity index (χ1) is 6.52. The van der Waals surface area contributed by atoms with Gasteiger partial charge in [0.1, 0.15) is 11.4 Å². The fraction of sp³-hybridized carbons (Fsp3) is 0. The topological polar surface area (TPSA) is 75.3 Å². The molecule has 0 fully saturated rings. The van der Waals surface area contributed by atoms with Crippen LogP contribution in [0.15, 0.2) is 18.2 Å². The number of carbonyl (C=O) groups is 1. The molecule has 1 aromatic carbocycles. The van der Waals surface area contributed by atoms with Crippen LogP contribution in [0.3, 0.4) is 0 Å².